The van der Waals surface area contributed by atoms with E-state index >= 15 is 0 Å². The van der Waals surface area contributed by atoms with Crippen LogP contribution >= 0.6 is 0 Å². The monoisotopic (exact) mass is 302 g/mol. The first-order chi connectivity index (χ1) is 10.8. The van der Waals surface area contributed by atoms with Crippen LogP contribution in [0.25, 0.3) is 5.69 Å². The highest BCUT2D eigenvalue weighted by Gasteiger charge is 2.20. The fourth-order valence-corrected chi connectivity index (χ4v) is 2.70. The molecular weight excluding hydrogens is 280 g/mol. The lowest BCUT2D eigenvalue weighted by Gasteiger charge is -2.32. The van der Waals surface area contributed by atoms with Crippen LogP contribution in [-0.2, 0) is 11.3 Å². The third kappa shape index (κ3) is 3.30. The molecule has 1 aliphatic rings. The summed E-state index contributed by atoms with van der Waals surface area (Å²) in [6, 6.07) is 7.98. The first kappa shape index (κ1) is 15.0. The Morgan fingerprint density at radius 1 is 1.36 bits per heavy atom. The van der Waals surface area contributed by atoms with Crippen LogP contribution in [0.2, 0.25) is 0 Å². The minimum absolute atomic E-state index is 0.123. The Labute approximate surface area is 130 Å². The summed E-state index contributed by atoms with van der Waals surface area (Å²) in [6.07, 6.45) is 3.94. The molecule has 1 atom stereocenters. The Morgan fingerprint density at radius 3 is 2.91 bits per heavy atom. The molecule has 2 heterocycles. The quantitative estimate of drug-likeness (QED) is 0.894. The number of aromatic nitrogens is 2. The van der Waals surface area contributed by atoms with Gasteiger partial charge in [0.15, 0.2) is 0 Å². The van der Waals surface area contributed by atoms with E-state index in [4.69, 9.17) is 15.2 Å². The minimum Gasteiger partial charge on any atom is -0.497 e. The number of nitrogens with two attached hydrogens (primary N) is 1. The molecule has 3 rings (SSSR count). The normalized spacial score (nSPS) is 19.3. The molecule has 1 aliphatic heterocycles. The highest BCUT2D eigenvalue weighted by atomic mass is 16.5. The second kappa shape index (κ2) is 6.91. The van der Waals surface area contributed by atoms with E-state index in [1.54, 1.807) is 7.11 Å². The van der Waals surface area contributed by atoms with Gasteiger partial charge in [-0.15, -0.1) is 0 Å². The fraction of sp³-hybridized carbons (Fsp3) is 0.438. The first-order valence-corrected chi connectivity index (χ1v) is 7.51. The van der Waals surface area contributed by atoms with Crippen molar-refractivity contribution >= 4 is 0 Å². The van der Waals surface area contributed by atoms with Crippen LogP contribution in [0.5, 0.6) is 5.75 Å². The summed E-state index contributed by atoms with van der Waals surface area (Å²) in [5.41, 5.74) is 6.78. The standard InChI is InChI=1S/C16H22N4O2/c1-21-14-4-2-13(3-5-14)20-7-6-18-16(20)12-19-8-9-22-15(10-17)11-19/h2-7,15H,8-12,17H2,1H3/t15-/m0/s1. The Morgan fingerprint density at radius 2 is 2.18 bits per heavy atom. The zero-order chi connectivity index (χ0) is 15.4. The van der Waals surface area contributed by atoms with Crippen molar-refractivity contribution in [3.8, 4) is 11.4 Å². The molecule has 2 aromatic rings. The van der Waals surface area contributed by atoms with Gasteiger partial charge in [-0.3, -0.25) is 4.90 Å². The van der Waals surface area contributed by atoms with E-state index in [2.05, 4.69) is 14.5 Å². The zero-order valence-corrected chi connectivity index (χ0v) is 12.8. The number of ether oxygens (including phenoxy) is 2. The van der Waals surface area contributed by atoms with Gasteiger partial charge in [0, 0.05) is 37.7 Å². The lowest BCUT2D eigenvalue weighted by atomic mass is 10.2. The second-order valence-corrected chi connectivity index (χ2v) is 5.38. The third-order valence-corrected chi connectivity index (χ3v) is 3.92. The van der Waals surface area contributed by atoms with E-state index in [9.17, 15) is 0 Å². The fourth-order valence-electron chi connectivity index (χ4n) is 2.70. The van der Waals surface area contributed by atoms with Gasteiger partial charge in [-0.1, -0.05) is 0 Å². The summed E-state index contributed by atoms with van der Waals surface area (Å²) in [7, 11) is 1.67. The summed E-state index contributed by atoms with van der Waals surface area (Å²) < 4.78 is 12.9. The van der Waals surface area contributed by atoms with Crippen LogP contribution in [0.1, 0.15) is 5.82 Å². The van der Waals surface area contributed by atoms with Crippen LogP contribution < -0.4 is 10.5 Å². The number of hydrogen-bond acceptors (Lipinski definition) is 5. The van der Waals surface area contributed by atoms with Gasteiger partial charge in [0.2, 0.25) is 0 Å². The van der Waals surface area contributed by atoms with Gasteiger partial charge in [0.1, 0.15) is 11.6 Å². The molecule has 1 saturated heterocycles. The van der Waals surface area contributed by atoms with E-state index in [0.29, 0.717) is 6.54 Å². The predicted molar refractivity (Wildman–Crippen MR) is 84.2 cm³/mol. The molecule has 0 spiro atoms. The number of hydrogen-bond donors (Lipinski definition) is 1. The van der Waals surface area contributed by atoms with Gasteiger partial charge >= 0.3 is 0 Å². The highest BCUT2D eigenvalue weighted by Crippen LogP contribution is 2.17. The molecule has 0 bridgehead atoms. The molecule has 2 N–H and O–H groups in total. The molecule has 0 amide bonds. The lowest BCUT2D eigenvalue weighted by Crippen LogP contribution is -2.45. The topological polar surface area (TPSA) is 65.5 Å². The van der Waals surface area contributed by atoms with Gasteiger partial charge in [0.05, 0.1) is 26.4 Å². The number of benzene rings is 1. The van der Waals surface area contributed by atoms with Crippen LogP contribution in [0, 0.1) is 0 Å². The van der Waals surface area contributed by atoms with Gasteiger partial charge < -0.3 is 19.8 Å². The van der Waals surface area contributed by atoms with Gasteiger partial charge in [-0.2, -0.15) is 0 Å². The molecule has 6 nitrogen and oxygen atoms in total. The molecule has 118 valence electrons. The lowest BCUT2D eigenvalue weighted by molar-refractivity contribution is -0.0269. The number of morpholine rings is 1. The van der Waals surface area contributed by atoms with E-state index in [0.717, 1.165) is 43.5 Å². The van der Waals surface area contributed by atoms with Crippen molar-refractivity contribution in [1.82, 2.24) is 14.5 Å². The van der Waals surface area contributed by atoms with Crippen molar-refractivity contribution in [3.05, 3.63) is 42.5 Å². The van der Waals surface area contributed by atoms with Crippen molar-refractivity contribution in [2.24, 2.45) is 5.73 Å². The Kier molecular flexibility index (Phi) is 4.72. The van der Waals surface area contributed by atoms with Crippen LogP contribution in [0.15, 0.2) is 36.7 Å². The average molecular weight is 302 g/mol. The molecule has 6 heteroatoms. The smallest absolute Gasteiger partial charge is 0.127 e. The van der Waals surface area contributed by atoms with Crippen molar-refractivity contribution in [3.63, 3.8) is 0 Å². The SMILES string of the molecule is COc1ccc(-n2ccnc2CN2CCO[C@@H](CN)C2)cc1. The molecule has 0 aliphatic carbocycles. The predicted octanol–water partition coefficient (Wildman–Crippen LogP) is 1.04. The molecule has 1 fully saturated rings. The van der Waals surface area contributed by atoms with Crippen molar-refractivity contribution in [2.75, 3.05) is 33.4 Å². The number of imidazole rings is 1. The molecule has 1 aromatic heterocycles. The first-order valence-electron chi connectivity index (χ1n) is 7.51. The highest BCUT2D eigenvalue weighted by molar-refractivity contribution is 5.38. The maximum absolute atomic E-state index is 5.70. The third-order valence-electron chi connectivity index (χ3n) is 3.92. The maximum Gasteiger partial charge on any atom is 0.127 e. The van der Waals surface area contributed by atoms with Crippen molar-refractivity contribution in [2.45, 2.75) is 12.6 Å². The number of methoxy groups -OCH3 is 1. The zero-order valence-electron chi connectivity index (χ0n) is 12.8. The van der Waals surface area contributed by atoms with E-state index in [1.807, 2.05) is 36.7 Å². The molecular formula is C16H22N4O2. The van der Waals surface area contributed by atoms with Crippen LogP contribution in [-0.4, -0.2) is 53.9 Å². The average Bonchev–Trinajstić information content (AvgIpc) is 3.03. The summed E-state index contributed by atoms with van der Waals surface area (Å²) in [5.74, 6) is 1.87. The molecule has 0 saturated carbocycles. The van der Waals surface area contributed by atoms with E-state index in [1.165, 1.54) is 0 Å². The molecule has 1 aromatic carbocycles. The van der Waals surface area contributed by atoms with Crippen LogP contribution in [0.3, 0.4) is 0 Å². The molecule has 0 unspecified atom stereocenters. The van der Waals surface area contributed by atoms with Crippen molar-refractivity contribution < 1.29 is 9.47 Å². The van der Waals surface area contributed by atoms with Gasteiger partial charge in [-0.05, 0) is 24.3 Å². The van der Waals surface area contributed by atoms with Gasteiger partial charge in [0.25, 0.3) is 0 Å². The van der Waals surface area contributed by atoms with Crippen LogP contribution in [0.4, 0.5) is 0 Å². The summed E-state index contributed by atoms with van der Waals surface area (Å²) in [5, 5.41) is 0. The summed E-state index contributed by atoms with van der Waals surface area (Å²) in [6.45, 7) is 3.84. The molecule has 0 radical (unpaired) electrons. The Balaban J connectivity index is 1.74. The Bertz CT molecular complexity index is 596. The summed E-state index contributed by atoms with van der Waals surface area (Å²) >= 11 is 0. The van der Waals surface area contributed by atoms with Crippen molar-refractivity contribution in [1.29, 1.82) is 0 Å². The van der Waals surface area contributed by atoms with E-state index in [-0.39, 0.29) is 6.10 Å². The number of nitrogens with zero attached hydrogens (tertiary/aromatic N) is 3. The second-order valence-electron chi connectivity index (χ2n) is 5.38. The van der Waals surface area contributed by atoms with Gasteiger partial charge in [-0.25, -0.2) is 4.98 Å². The minimum atomic E-state index is 0.123. The maximum atomic E-state index is 5.70. The Hall–Kier alpha value is -1.89. The number of rotatable bonds is 5. The van der Waals surface area contributed by atoms with E-state index < -0.39 is 0 Å². The largest absolute Gasteiger partial charge is 0.497 e. The summed E-state index contributed by atoms with van der Waals surface area (Å²) in [4.78, 5) is 6.83. The molecule has 22 heavy (non-hydrogen) atoms.